The molecule has 0 saturated heterocycles. The number of carbonyl (C=O) groups is 1. The summed E-state index contributed by atoms with van der Waals surface area (Å²) in [6.45, 7) is 1.41. The molecular formula is C12H9FN2OS. The molecule has 0 N–H and O–H groups in total. The second kappa shape index (κ2) is 5.05. The molecule has 0 fully saturated rings. The number of benzene rings is 1. The molecule has 86 valence electrons. The van der Waals surface area contributed by atoms with Crippen LogP contribution >= 0.6 is 11.8 Å². The highest BCUT2D eigenvalue weighted by molar-refractivity contribution is 7.99. The molecule has 2 rings (SSSR count). The molecule has 5 heteroatoms. The fraction of sp³-hybridized carbons (Fsp3) is 0.0833. The van der Waals surface area contributed by atoms with E-state index in [-0.39, 0.29) is 5.78 Å². The Balaban J connectivity index is 2.26. The van der Waals surface area contributed by atoms with Crippen molar-refractivity contribution in [2.45, 2.75) is 16.8 Å². The lowest BCUT2D eigenvalue weighted by atomic mass is 10.1. The molecule has 0 spiro atoms. The molecule has 3 nitrogen and oxygen atoms in total. The van der Waals surface area contributed by atoms with Gasteiger partial charge in [0.15, 0.2) is 5.78 Å². The third kappa shape index (κ3) is 2.88. The van der Waals surface area contributed by atoms with Gasteiger partial charge >= 0.3 is 0 Å². The van der Waals surface area contributed by atoms with Crippen molar-refractivity contribution in [2.75, 3.05) is 0 Å². The number of halogens is 1. The van der Waals surface area contributed by atoms with E-state index in [1.807, 2.05) is 0 Å². The molecule has 17 heavy (non-hydrogen) atoms. The zero-order valence-electron chi connectivity index (χ0n) is 9.05. The Labute approximate surface area is 102 Å². The molecule has 0 radical (unpaired) electrons. The molecule has 0 aliphatic heterocycles. The molecule has 1 aromatic carbocycles. The predicted octanol–water partition coefficient (Wildman–Crippen LogP) is 2.97. The highest BCUT2D eigenvalue weighted by Crippen LogP contribution is 2.28. The lowest BCUT2D eigenvalue weighted by Crippen LogP contribution is -1.94. The van der Waals surface area contributed by atoms with Crippen molar-refractivity contribution >= 4 is 17.5 Å². The largest absolute Gasteiger partial charge is 0.295 e. The van der Waals surface area contributed by atoms with Gasteiger partial charge in [0.2, 0.25) is 0 Å². The van der Waals surface area contributed by atoms with Gasteiger partial charge in [0, 0.05) is 16.7 Å². The standard InChI is InChI=1S/C12H9FN2OS/c1-8(16)9-2-3-11(10(13)6-9)17-12-4-5-14-7-15-12/h2-7H,1H3. The second-order valence-electron chi connectivity index (χ2n) is 3.35. The highest BCUT2D eigenvalue weighted by Gasteiger charge is 2.08. The van der Waals surface area contributed by atoms with E-state index >= 15 is 0 Å². The average Bonchev–Trinajstić information content (AvgIpc) is 2.33. The summed E-state index contributed by atoms with van der Waals surface area (Å²) in [6, 6.07) is 6.13. The summed E-state index contributed by atoms with van der Waals surface area (Å²) in [7, 11) is 0. The Hall–Kier alpha value is -1.75. The number of hydrogen-bond donors (Lipinski definition) is 0. The van der Waals surface area contributed by atoms with Gasteiger partial charge in [0.05, 0.1) is 0 Å². The van der Waals surface area contributed by atoms with E-state index in [0.717, 1.165) is 0 Å². The van der Waals surface area contributed by atoms with Crippen molar-refractivity contribution in [3.05, 3.63) is 48.2 Å². The number of ketones is 1. The van der Waals surface area contributed by atoms with Crippen LogP contribution in [0, 0.1) is 5.82 Å². The van der Waals surface area contributed by atoms with Crippen molar-refractivity contribution in [2.24, 2.45) is 0 Å². The first kappa shape index (κ1) is 11.7. The number of rotatable bonds is 3. The Morgan fingerprint density at radius 3 is 2.76 bits per heavy atom. The van der Waals surface area contributed by atoms with Crippen LogP contribution in [0.1, 0.15) is 17.3 Å². The number of hydrogen-bond acceptors (Lipinski definition) is 4. The molecule has 0 unspecified atom stereocenters. The number of aromatic nitrogens is 2. The molecule has 0 atom stereocenters. The monoisotopic (exact) mass is 248 g/mol. The predicted molar refractivity (Wildman–Crippen MR) is 62.6 cm³/mol. The first-order valence-electron chi connectivity index (χ1n) is 4.91. The minimum atomic E-state index is -0.415. The summed E-state index contributed by atoms with van der Waals surface area (Å²) in [6.07, 6.45) is 3.00. The minimum Gasteiger partial charge on any atom is -0.295 e. The molecule has 0 amide bonds. The molecular weight excluding hydrogens is 239 g/mol. The smallest absolute Gasteiger partial charge is 0.159 e. The van der Waals surface area contributed by atoms with Crippen molar-refractivity contribution in [1.82, 2.24) is 9.97 Å². The molecule has 0 aliphatic carbocycles. The van der Waals surface area contributed by atoms with Crippen LogP contribution in [0.25, 0.3) is 0 Å². The van der Waals surface area contributed by atoms with Crippen molar-refractivity contribution in [3.8, 4) is 0 Å². The van der Waals surface area contributed by atoms with Gasteiger partial charge in [-0.2, -0.15) is 0 Å². The Bertz CT molecular complexity index is 545. The second-order valence-corrected chi connectivity index (χ2v) is 4.41. The Morgan fingerprint density at radius 1 is 1.35 bits per heavy atom. The Kier molecular flexibility index (Phi) is 3.49. The first-order valence-corrected chi connectivity index (χ1v) is 5.73. The zero-order chi connectivity index (χ0) is 12.3. The van der Waals surface area contributed by atoms with Gasteiger partial charge < -0.3 is 0 Å². The van der Waals surface area contributed by atoms with Crippen molar-refractivity contribution in [1.29, 1.82) is 0 Å². The zero-order valence-corrected chi connectivity index (χ0v) is 9.87. The van der Waals surface area contributed by atoms with Crippen LogP contribution in [0.2, 0.25) is 0 Å². The fourth-order valence-corrected chi connectivity index (χ4v) is 2.00. The van der Waals surface area contributed by atoms with E-state index in [1.165, 1.54) is 31.1 Å². The van der Waals surface area contributed by atoms with E-state index in [4.69, 9.17) is 0 Å². The summed E-state index contributed by atoms with van der Waals surface area (Å²) in [4.78, 5) is 19.3. The lowest BCUT2D eigenvalue weighted by molar-refractivity contribution is 0.101. The molecule has 0 saturated carbocycles. The summed E-state index contributed by atoms with van der Waals surface area (Å²) in [5, 5.41) is 0.662. The van der Waals surface area contributed by atoms with Crippen LogP contribution < -0.4 is 0 Å². The third-order valence-corrected chi connectivity index (χ3v) is 3.11. The number of Topliss-reactive ketones (excluding diaryl/α,β-unsaturated/α-hetero) is 1. The van der Waals surface area contributed by atoms with E-state index in [1.54, 1.807) is 24.4 Å². The molecule has 0 aliphatic rings. The van der Waals surface area contributed by atoms with Gasteiger partial charge in [0.1, 0.15) is 17.2 Å². The topological polar surface area (TPSA) is 42.9 Å². The van der Waals surface area contributed by atoms with E-state index in [9.17, 15) is 9.18 Å². The van der Waals surface area contributed by atoms with Gasteiger partial charge in [-0.15, -0.1) is 0 Å². The number of nitrogens with zero attached hydrogens (tertiary/aromatic N) is 2. The van der Waals surface area contributed by atoms with Crippen LogP contribution in [0.5, 0.6) is 0 Å². The average molecular weight is 248 g/mol. The minimum absolute atomic E-state index is 0.150. The SMILES string of the molecule is CC(=O)c1ccc(Sc2ccncn2)c(F)c1. The van der Waals surface area contributed by atoms with Crippen LogP contribution in [0.15, 0.2) is 46.7 Å². The van der Waals surface area contributed by atoms with E-state index in [2.05, 4.69) is 9.97 Å². The maximum Gasteiger partial charge on any atom is 0.159 e. The van der Waals surface area contributed by atoms with Gasteiger partial charge in [-0.25, -0.2) is 14.4 Å². The summed E-state index contributed by atoms with van der Waals surface area (Å²) in [5.74, 6) is -0.566. The Morgan fingerprint density at radius 2 is 2.18 bits per heavy atom. The van der Waals surface area contributed by atoms with Crippen molar-refractivity contribution in [3.63, 3.8) is 0 Å². The maximum atomic E-state index is 13.7. The normalized spacial score (nSPS) is 10.2. The van der Waals surface area contributed by atoms with E-state index < -0.39 is 5.82 Å². The van der Waals surface area contributed by atoms with Crippen LogP contribution in [0.4, 0.5) is 4.39 Å². The van der Waals surface area contributed by atoms with Crippen LogP contribution in [0.3, 0.4) is 0 Å². The van der Waals surface area contributed by atoms with Gasteiger partial charge in [-0.05, 0) is 25.1 Å². The molecule has 1 heterocycles. The fourth-order valence-electron chi connectivity index (χ4n) is 1.25. The quantitative estimate of drug-likeness (QED) is 0.618. The summed E-state index contributed by atoms with van der Waals surface area (Å²) < 4.78 is 13.7. The lowest BCUT2D eigenvalue weighted by Gasteiger charge is -2.03. The summed E-state index contributed by atoms with van der Waals surface area (Å²) >= 11 is 1.20. The van der Waals surface area contributed by atoms with Crippen LogP contribution in [-0.4, -0.2) is 15.8 Å². The summed E-state index contributed by atoms with van der Waals surface area (Å²) in [5.41, 5.74) is 0.370. The van der Waals surface area contributed by atoms with Crippen LogP contribution in [-0.2, 0) is 0 Å². The van der Waals surface area contributed by atoms with E-state index in [0.29, 0.717) is 15.5 Å². The van der Waals surface area contributed by atoms with Gasteiger partial charge in [0.25, 0.3) is 0 Å². The maximum absolute atomic E-state index is 13.7. The molecule has 0 bridgehead atoms. The van der Waals surface area contributed by atoms with Crippen molar-refractivity contribution < 1.29 is 9.18 Å². The van der Waals surface area contributed by atoms with Gasteiger partial charge in [-0.1, -0.05) is 17.8 Å². The number of carbonyl (C=O) groups excluding carboxylic acids is 1. The first-order chi connectivity index (χ1) is 8.16. The molecule has 2 aromatic rings. The van der Waals surface area contributed by atoms with Gasteiger partial charge in [-0.3, -0.25) is 4.79 Å². The highest BCUT2D eigenvalue weighted by atomic mass is 32.2. The molecule has 1 aromatic heterocycles. The third-order valence-electron chi connectivity index (χ3n) is 2.11.